The Hall–Kier alpha value is -0.574. The van der Waals surface area contributed by atoms with Crippen LogP contribution < -0.4 is 24.0 Å². The van der Waals surface area contributed by atoms with Crippen LogP contribution in [0.25, 0.3) is 10.9 Å². The number of halogens is 1. The van der Waals surface area contributed by atoms with E-state index in [2.05, 4.69) is 6.07 Å². The predicted molar refractivity (Wildman–Crippen MR) is 75.6 cm³/mol. The topological polar surface area (TPSA) is 39.1 Å². The van der Waals surface area contributed by atoms with Gasteiger partial charge in [-0.25, -0.2) is 8.42 Å². The normalized spacial score (nSPS) is 10.6. The Bertz CT molecular complexity index is 800. The molecule has 3 rings (SSSR count). The van der Waals surface area contributed by atoms with Gasteiger partial charge in [-0.2, -0.15) is 17.5 Å². The Labute approximate surface area is 151 Å². The molecule has 98 valence electrons. The van der Waals surface area contributed by atoms with E-state index in [1.807, 2.05) is 18.2 Å². The molecule has 0 unspecified atom stereocenters. The SMILES string of the molecule is O=S(=O)(c1ccccc1)n1c[c-]c2ccccc21.[I-].[Mg+2]. The molecule has 0 radical (unpaired) electrons. The Balaban J connectivity index is 0.000001000. The van der Waals surface area contributed by atoms with Gasteiger partial charge in [0.1, 0.15) is 0 Å². The number of hydrogen-bond donors (Lipinski definition) is 0. The first kappa shape index (κ1) is 17.5. The van der Waals surface area contributed by atoms with Crippen molar-refractivity contribution in [3.8, 4) is 0 Å². The molecular weight excluding hydrogens is 397 g/mol. The zero-order valence-electron chi connectivity index (χ0n) is 10.5. The Morgan fingerprint density at radius 3 is 2.20 bits per heavy atom. The number of fused-ring (bicyclic) bond motifs is 1. The molecule has 0 spiro atoms. The maximum absolute atomic E-state index is 12.5. The summed E-state index contributed by atoms with van der Waals surface area (Å²) in [7, 11) is -3.54. The second kappa shape index (κ2) is 6.92. The maximum atomic E-state index is 12.5. The van der Waals surface area contributed by atoms with Crippen LogP contribution in [0.15, 0.2) is 65.7 Å². The molecule has 1 aromatic heterocycles. The fourth-order valence-electron chi connectivity index (χ4n) is 1.89. The van der Waals surface area contributed by atoms with Crippen molar-refractivity contribution in [1.29, 1.82) is 0 Å². The summed E-state index contributed by atoms with van der Waals surface area (Å²) in [6, 6.07) is 18.6. The van der Waals surface area contributed by atoms with Crippen molar-refractivity contribution in [3.05, 3.63) is 66.9 Å². The van der Waals surface area contributed by atoms with Gasteiger partial charge in [0, 0.05) is 0 Å². The van der Waals surface area contributed by atoms with Crippen molar-refractivity contribution < 1.29 is 32.4 Å². The third-order valence-corrected chi connectivity index (χ3v) is 4.47. The summed E-state index contributed by atoms with van der Waals surface area (Å²) >= 11 is 0. The molecule has 0 aliphatic rings. The molecule has 2 aromatic carbocycles. The molecule has 0 amide bonds. The van der Waals surface area contributed by atoms with Crippen LogP contribution in [0.3, 0.4) is 0 Å². The van der Waals surface area contributed by atoms with Crippen LogP contribution in [-0.4, -0.2) is 35.4 Å². The number of nitrogens with zero attached hydrogens (tertiary/aromatic N) is 1. The summed E-state index contributed by atoms with van der Waals surface area (Å²) in [5, 5.41) is 0.789. The minimum atomic E-state index is -3.54. The van der Waals surface area contributed by atoms with Crippen LogP contribution in [0.4, 0.5) is 0 Å². The molecule has 3 aromatic rings. The molecular formula is C14H10IMgNO2S. The summed E-state index contributed by atoms with van der Waals surface area (Å²) in [6.45, 7) is 0. The average Bonchev–Trinajstić information content (AvgIpc) is 2.84. The van der Waals surface area contributed by atoms with Gasteiger partial charge in [-0.1, -0.05) is 36.5 Å². The van der Waals surface area contributed by atoms with Gasteiger partial charge in [-0.15, -0.1) is 6.07 Å². The first-order valence-corrected chi connectivity index (χ1v) is 6.92. The van der Waals surface area contributed by atoms with Crippen LogP contribution in [0.2, 0.25) is 0 Å². The van der Waals surface area contributed by atoms with E-state index in [-0.39, 0.29) is 51.9 Å². The second-order valence-corrected chi connectivity index (χ2v) is 5.72. The van der Waals surface area contributed by atoms with E-state index < -0.39 is 10.0 Å². The van der Waals surface area contributed by atoms with Crippen LogP contribution in [-0.2, 0) is 10.0 Å². The minimum absolute atomic E-state index is 0. The standard InChI is InChI=1S/C14H10NO2S.HI.Mg/c16-18(17,13-7-2-1-3-8-13)15-11-10-12-6-4-5-9-14(12)15;;/h1-9,11H;1H;/q-1;;+2/p-1. The fraction of sp³-hybridized carbons (Fsp3) is 0. The largest absolute Gasteiger partial charge is 2.00 e. The summed E-state index contributed by atoms with van der Waals surface area (Å²) in [5.74, 6) is 0. The third kappa shape index (κ3) is 3.02. The molecule has 6 heteroatoms. The van der Waals surface area contributed by atoms with E-state index >= 15 is 0 Å². The molecule has 20 heavy (non-hydrogen) atoms. The van der Waals surface area contributed by atoms with E-state index in [1.54, 1.807) is 36.4 Å². The van der Waals surface area contributed by atoms with Gasteiger partial charge < -0.3 is 27.9 Å². The van der Waals surface area contributed by atoms with E-state index in [0.717, 1.165) is 5.39 Å². The first-order valence-electron chi connectivity index (χ1n) is 5.48. The number of benzene rings is 2. The zero-order valence-corrected chi connectivity index (χ0v) is 14.9. The molecule has 0 atom stereocenters. The molecule has 0 saturated carbocycles. The van der Waals surface area contributed by atoms with Crippen LogP contribution >= 0.6 is 0 Å². The van der Waals surface area contributed by atoms with Crippen molar-refractivity contribution >= 4 is 44.0 Å². The Kier molecular flexibility index (Phi) is 6.05. The number of para-hydroxylation sites is 1. The van der Waals surface area contributed by atoms with Gasteiger partial charge in [0.15, 0.2) is 0 Å². The van der Waals surface area contributed by atoms with E-state index in [4.69, 9.17) is 0 Å². The molecule has 3 nitrogen and oxygen atoms in total. The first-order chi connectivity index (χ1) is 8.69. The molecule has 1 heterocycles. The number of hydrogen-bond acceptors (Lipinski definition) is 2. The summed E-state index contributed by atoms with van der Waals surface area (Å²) in [6.07, 6.45) is 1.47. The maximum Gasteiger partial charge on any atom is 2.00 e. The van der Waals surface area contributed by atoms with E-state index in [9.17, 15) is 8.42 Å². The molecule has 0 saturated heterocycles. The quantitative estimate of drug-likeness (QED) is 0.320. The van der Waals surface area contributed by atoms with Crippen LogP contribution in [0.5, 0.6) is 0 Å². The molecule has 0 aliphatic carbocycles. The monoisotopic (exact) mass is 407 g/mol. The number of aromatic nitrogens is 1. The summed E-state index contributed by atoms with van der Waals surface area (Å²) in [4.78, 5) is 0.278. The molecule has 0 bridgehead atoms. The fourth-order valence-corrected chi connectivity index (χ4v) is 3.23. The van der Waals surface area contributed by atoms with E-state index in [1.165, 1.54) is 10.2 Å². The predicted octanol–water partition coefficient (Wildman–Crippen LogP) is -0.698. The summed E-state index contributed by atoms with van der Waals surface area (Å²) < 4.78 is 26.2. The second-order valence-electron chi connectivity index (χ2n) is 3.90. The van der Waals surface area contributed by atoms with Crippen molar-refractivity contribution in [2.75, 3.05) is 0 Å². The van der Waals surface area contributed by atoms with E-state index in [0.29, 0.717) is 5.52 Å². The van der Waals surface area contributed by atoms with Gasteiger partial charge in [0.05, 0.1) is 4.90 Å². The molecule has 0 aliphatic heterocycles. The van der Waals surface area contributed by atoms with Gasteiger partial charge in [0.25, 0.3) is 10.0 Å². The minimum Gasteiger partial charge on any atom is -1.00 e. The van der Waals surface area contributed by atoms with Crippen LogP contribution in [0.1, 0.15) is 0 Å². The van der Waals surface area contributed by atoms with Crippen molar-refractivity contribution in [3.63, 3.8) is 0 Å². The zero-order chi connectivity index (χ0) is 12.6. The Morgan fingerprint density at radius 2 is 1.50 bits per heavy atom. The molecule has 0 fully saturated rings. The number of rotatable bonds is 2. The average molecular weight is 408 g/mol. The summed E-state index contributed by atoms with van der Waals surface area (Å²) in [5.41, 5.74) is 0.640. The Morgan fingerprint density at radius 1 is 0.900 bits per heavy atom. The van der Waals surface area contributed by atoms with Gasteiger partial charge in [-0.05, 0) is 17.6 Å². The molecule has 0 N–H and O–H groups in total. The van der Waals surface area contributed by atoms with Crippen molar-refractivity contribution in [2.24, 2.45) is 0 Å². The van der Waals surface area contributed by atoms with Gasteiger partial charge in [-0.3, -0.25) is 0 Å². The van der Waals surface area contributed by atoms with Gasteiger partial charge in [0.2, 0.25) is 0 Å². The van der Waals surface area contributed by atoms with Crippen molar-refractivity contribution in [1.82, 2.24) is 3.97 Å². The third-order valence-electron chi connectivity index (χ3n) is 2.78. The van der Waals surface area contributed by atoms with Crippen LogP contribution in [0, 0.1) is 6.07 Å². The smallest absolute Gasteiger partial charge is 1.00 e. The van der Waals surface area contributed by atoms with Gasteiger partial charge >= 0.3 is 23.1 Å². The van der Waals surface area contributed by atoms with Crippen molar-refractivity contribution in [2.45, 2.75) is 4.90 Å².